The topological polar surface area (TPSA) is 30.2 Å². The summed E-state index contributed by atoms with van der Waals surface area (Å²) in [6, 6.07) is 4.40. The highest BCUT2D eigenvalue weighted by molar-refractivity contribution is 5.86. The third-order valence-electron chi connectivity index (χ3n) is 4.13. The summed E-state index contributed by atoms with van der Waals surface area (Å²) < 4.78 is 7.40. The Morgan fingerprint density at radius 3 is 2.54 bits per heavy atom. The molecular formula is C21H34NO2+. The molecule has 0 aliphatic carbocycles. The second-order valence-electron chi connectivity index (χ2n) is 6.59. The molecule has 0 aromatic carbocycles. The summed E-state index contributed by atoms with van der Waals surface area (Å²) in [5, 5.41) is 0. The molecule has 0 aliphatic rings. The van der Waals surface area contributed by atoms with Gasteiger partial charge in [0.15, 0.2) is 12.4 Å². The first-order chi connectivity index (χ1) is 11.6. The molecule has 0 unspecified atom stereocenters. The zero-order valence-electron chi connectivity index (χ0n) is 15.6. The number of nitrogens with zero attached hydrogens (tertiary/aromatic N) is 1. The highest BCUT2D eigenvalue weighted by Gasteiger charge is 2.03. The van der Waals surface area contributed by atoms with Crippen molar-refractivity contribution in [3.8, 4) is 0 Å². The summed E-state index contributed by atoms with van der Waals surface area (Å²) in [5.41, 5.74) is 1.92. The van der Waals surface area contributed by atoms with Crippen LogP contribution in [0.25, 0.3) is 0 Å². The minimum Gasteiger partial charge on any atom is -0.462 e. The van der Waals surface area contributed by atoms with Gasteiger partial charge in [0.05, 0.1) is 6.61 Å². The first-order valence-corrected chi connectivity index (χ1v) is 9.44. The maximum Gasteiger partial charge on any atom is 0.333 e. The van der Waals surface area contributed by atoms with E-state index in [1.807, 2.05) is 0 Å². The Morgan fingerprint density at radius 2 is 1.83 bits per heavy atom. The van der Waals surface area contributed by atoms with E-state index in [4.69, 9.17) is 4.74 Å². The molecule has 24 heavy (non-hydrogen) atoms. The lowest BCUT2D eigenvalue weighted by molar-refractivity contribution is -0.697. The van der Waals surface area contributed by atoms with Crippen LogP contribution in [0.3, 0.4) is 0 Å². The molecule has 0 saturated heterocycles. The van der Waals surface area contributed by atoms with Gasteiger partial charge in [0.2, 0.25) is 0 Å². The molecule has 1 rings (SSSR count). The van der Waals surface area contributed by atoms with Gasteiger partial charge in [-0.1, -0.05) is 45.6 Å². The molecule has 0 saturated carbocycles. The van der Waals surface area contributed by atoms with Gasteiger partial charge in [0, 0.05) is 23.6 Å². The van der Waals surface area contributed by atoms with E-state index in [-0.39, 0.29) is 5.97 Å². The summed E-state index contributed by atoms with van der Waals surface area (Å²) in [6.07, 6.45) is 15.2. The van der Waals surface area contributed by atoms with Gasteiger partial charge < -0.3 is 4.74 Å². The van der Waals surface area contributed by atoms with E-state index in [0.29, 0.717) is 12.2 Å². The van der Waals surface area contributed by atoms with Crippen molar-refractivity contribution in [2.24, 2.45) is 0 Å². The number of esters is 1. The number of pyridine rings is 1. The lowest BCUT2D eigenvalue weighted by Gasteiger charge is -2.04. The van der Waals surface area contributed by atoms with Crippen molar-refractivity contribution >= 4 is 5.97 Å². The molecule has 0 N–H and O–H groups in total. The summed E-state index contributed by atoms with van der Waals surface area (Å²) in [7, 11) is 0. The standard InChI is InChI=1S/C21H34NO2/c1-4-5-15-22-16-12-14-20(18-22)13-10-8-6-7-9-11-17-24-21(23)19(2)3/h12,14,16,18H,2,4-11,13,15,17H2,1,3H3/q+1. The maximum atomic E-state index is 11.2. The van der Waals surface area contributed by atoms with Crippen LogP contribution in [0.2, 0.25) is 0 Å². The number of aromatic nitrogens is 1. The van der Waals surface area contributed by atoms with E-state index < -0.39 is 0 Å². The van der Waals surface area contributed by atoms with Crippen LogP contribution in [0.1, 0.15) is 70.8 Å². The number of rotatable bonds is 13. The minimum absolute atomic E-state index is 0.269. The third-order valence-corrected chi connectivity index (χ3v) is 4.13. The Bertz CT molecular complexity index is 496. The molecule has 1 aromatic heterocycles. The first kappa shape index (κ1) is 20.4. The molecule has 0 fully saturated rings. The quantitative estimate of drug-likeness (QED) is 0.225. The van der Waals surface area contributed by atoms with Crippen LogP contribution in [0.15, 0.2) is 36.7 Å². The van der Waals surface area contributed by atoms with Crippen molar-refractivity contribution in [1.29, 1.82) is 0 Å². The van der Waals surface area contributed by atoms with Crippen molar-refractivity contribution in [2.75, 3.05) is 6.61 Å². The zero-order valence-corrected chi connectivity index (χ0v) is 15.6. The summed E-state index contributed by atoms with van der Waals surface area (Å²) in [6.45, 7) is 9.13. The summed E-state index contributed by atoms with van der Waals surface area (Å²) in [5.74, 6) is -0.269. The molecule has 0 radical (unpaired) electrons. The van der Waals surface area contributed by atoms with E-state index in [9.17, 15) is 4.79 Å². The minimum atomic E-state index is -0.269. The van der Waals surface area contributed by atoms with E-state index in [0.717, 1.165) is 19.4 Å². The van der Waals surface area contributed by atoms with Crippen LogP contribution in [-0.2, 0) is 22.5 Å². The van der Waals surface area contributed by atoms with Gasteiger partial charge >= 0.3 is 5.97 Å². The third kappa shape index (κ3) is 9.49. The van der Waals surface area contributed by atoms with E-state index in [1.54, 1.807) is 6.92 Å². The fourth-order valence-corrected chi connectivity index (χ4v) is 2.63. The van der Waals surface area contributed by atoms with Crippen LogP contribution in [0, 0.1) is 0 Å². The molecule has 0 atom stereocenters. The molecular weight excluding hydrogens is 298 g/mol. The Labute approximate surface area is 147 Å². The Balaban J connectivity index is 2.02. The lowest BCUT2D eigenvalue weighted by Crippen LogP contribution is -2.33. The summed E-state index contributed by atoms with van der Waals surface area (Å²) >= 11 is 0. The normalized spacial score (nSPS) is 10.6. The Hall–Kier alpha value is -1.64. The van der Waals surface area contributed by atoms with E-state index >= 15 is 0 Å². The summed E-state index contributed by atoms with van der Waals surface area (Å²) in [4.78, 5) is 11.2. The molecule has 0 spiro atoms. The number of carbonyl (C=O) groups is 1. The number of hydrogen-bond acceptors (Lipinski definition) is 2. The Kier molecular flexibility index (Phi) is 10.8. The number of unbranched alkanes of at least 4 members (excludes halogenated alkanes) is 6. The number of hydrogen-bond donors (Lipinski definition) is 0. The number of carbonyl (C=O) groups excluding carboxylic acids is 1. The largest absolute Gasteiger partial charge is 0.462 e. The van der Waals surface area contributed by atoms with Crippen LogP contribution in [-0.4, -0.2) is 12.6 Å². The lowest BCUT2D eigenvalue weighted by atomic mass is 10.1. The predicted octanol–water partition coefficient (Wildman–Crippen LogP) is 4.78. The van der Waals surface area contributed by atoms with Gasteiger partial charge in [-0.3, -0.25) is 0 Å². The number of aryl methyl sites for hydroxylation is 2. The van der Waals surface area contributed by atoms with Gasteiger partial charge in [-0.25, -0.2) is 9.36 Å². The van der Waals surface area contributed by atoms with Gasteiger partial charge in [-0.15, -0.1) is 0 Å². The zero-order chi connectivity index (χ0) is 17.6. The molecule has 0 amide bonds. The molecule has 1 heterocycles. The van der Waals surface area contributed by atoms with Crippen LogP contribution in [0.5, 0.6) is 0 Å². The highest BCUT2D eigenvalue weighted by atomic mass is 16.5. The average Bonchev–Trinajstić information content (AvgIpc) is 2.58. The van der Waals surface area contributed by atoms with Gasteiger partial charge in [-0.2, -0.15) is 0 Å². The van der Waals surface area contributed by atoms with Crippen molar-refractivity contribution < 1.29 is 14.1 Å². The second kappa shape index (κ2) is 12.7. The fourth-order valence-electron chi connectivity index (χ4n) is 2.63. The fraction of sp³-hybridized carbons (Fsp3) is 0.619. The van der Waals surface area contributed by atoms with Crippen molar-refractivity contribution in [1.82, 2.24) is 0 Å². The second-order valence-corrected chi connectivity index (χ2v) is 6.59. The predicted molar refractivity (Wildman–Crippen MR) is 98.7 cm³/mol. The highest BCUT2D eigenvalue weighted by Crippen LogP contribution is 2.09. The average molecular weight is 333 g/mol. The maximum absolute atomic E-state index is 11.2. The van der Waals surface area contributed by atoms with Crippen LogP contribution >= 0.6 is 0 Å². The van der Waals surface area contributed by atoms with E-state index in [2.05, 4.69) is 42.6 Å². The molecule has 0 aliphatic heterocycles. The number of ether oxygens (including phenoxy) is 1. The molecule has 134 valence electrons. The van der Waals surface area contributed by atoms with Crippen LogP contribution < -0.4 is 4.57 Å². The van der Waals surface area contributed by atoms with Gasteiger partial charge in [0.25, 0.3) is 0 Å². The van der Waals surface area contributed by atoms with Crippen molar-refractivity contribution in [3.63, 3.8) is 0 Å². The first-order valence-electron chi connectivity index (χ1n) is 9.44. The van der Waals surface area contributed by atoms with Gasteiger partial charge in [0.1, 0.15) is 6.54 Å². The molecule has 3 heteroatoms. The van der Waals surface area contributed by atoms with Crippen molar-refractivity contribution in [2.45, 2.75) is 78.2 Å². The smallest absolute Gasteiger partial charge is 0.333 e. The SMILES string of the molecule is C=C(C)C(=O)OCCCCCCCCc1ccc[n+](CCCC)c1. The molecule has 0 bridgehead atoms. The van der Waals surface area contributed by atoms with Gasteiger partial charge in [-0.05, 0) is 32.3 Å². The van der Waals surface area contributed by atoms with Crippen LogP contribution in [0.4, 0.5) is 0 Å². The van der Waals surface area contributed by atoms with E-state index in [1.165, 1.54) is 50.5 Å². The van der Waals surface area contributed by atoms with Crippen molar-refractivity contribution in [3.05, 3.63) is 42.2 Å². The molecule has 1 aromatic rings. The molecule has 3 nitrogen and oxygen atoms in total. The Morgan fingerprint density at radius 1 is 1.12 bits per heavy atom. The monoisotopic (exact) mass is 332 g/mol.